The van der Waals surface area contributed by atoms with Crippen molar-refractivity contribution in [1.29, 1.82) is 0 Å². The zero-order valence-corrected chi connectivity index (χ0v) is 13.9. The molecule has 0 bridgehead atoms. The van der Waals surface area contributed by atoms with Crippen LogP contribution >= 0.6 is 0 Å². The maximum Gasteiger partial charge on any atom is 0.156 e. The van der Waals surface area contributed by atoms with Crippen LogP contribution in [0.25, 0.3) is 0 Å². The average Bonchev–Trinajstić information content (AvgIpc) is 2.84. The number of allylic oxidation sites excluding steroid dienone is 4. The summed E-state index contributed by atoms with van der Waals surface area (Å²) >= 11 is 0. The van der Waals surface area contributed by atoms with E-state index in [2.05, 4.69) is 6.92 Å². The van der Waals surface area contributed by atoms with Gasteiger partial charge in [-0.2, -0.15) is 0 Å². The van der Waals surface area contributed by atoms with Gasteiger partial charge in [0.05, 0.1) is 6.10 Å². The molecule has 0 aliphatic heterocycles. The number of aliphatic hydroxyl groups excluding tert-OH is 1. The van der Waals surface area contributed by atoms with Crippen LogP contribution < -0.4 is 0 Å². The fourth-order valence-electron chi connectivity index (χ4n) is 6.36. The van der Waals surface area contributed by atoms with E-state index in [0.29, 0.717) is 23.5 Å². The van der Waals surface area contributed by atoms with Crippen LogP contribution in [0.2, 0.25) is 0 Å². The summed E-state index contributed by atoms with van der Waals surface area (Å²) in [5.74, 6) is 2.28. The molecule has 22 heavy (non-hydrogen) atoms. The average molecular weight is 300 g/mol. The number of hydrogen-bond acceptors (Lipinski definition) is 2. The van der Waals surface area contributed by atoms with Gasteiger partial charge < -0.3 is 5.11 Å². The molecule has 0 aromatic carbocycles. The Hall–Kier alpha value is -0.890. The van der Waals surface area contributed by atoms with Crippen LogP contribution in [0.5, 0.6) is 0 Å². The highest BCUT2D eigenvalue weighted by molar-refractivity contribution is 5.93. The van der Waals surface area contributed by atoms with Gasteiger partial charge in [0.15, 0.2) is 5.78 Å². The summed E-state index contributed by atoms with van der Waals surface area (Å²) in [7, 11) is 0. The number of fused-ring (bicyclic) bond motifs is 4. The molecule has 2 heteroatoms. The lowest BCUT2D eigenvalue weighted by molar-refractivity contribution is -0.114. The molecule has 0 spiro atoms. The highest BCUT2D eigenvalue weighted by Crippen LogP contribution is 2.62. The number of aliphatic hydroxyl groups is 1. The molecule has 0 saturated heterocycles. The first-order valence-electron chi connectivity index (χ1n) is 9.14. The first-order valence-corrected chi connectivity index (χ1v) is 9.14. The van der Waals surface area contributed by atoms with Gasteiger partial charge in [-0.1, -0.05) is 12.5 Å². The summed E-state index contributed by atoms with van der Waals surface area (Å²) in [4.78, 5) is 11.7. The Morgan fingerprint density at radius 2 is 2.00 bits per heavy atom. The van der Waals surface area contributed by atoms with Gasteiger partial charge in [-0.05, 0) is 92.3 Å². The standard InChI is InChI=1S/C20H28O2/c1-12(21)18-7-8-19-17-5-3-13-11-14(22)4-6-15(13)16(17)9-10-20(18,19)2/h11-12,17-19,21H,3-10H2,1-2H3/t12-,17+,18-,19+,20+/m0/s1. The summed E-state index contributed by atoms with van der Waals surface area (Å²) < 4.78 is 0. The molecule has 0 aromatic heterocycles. The molecular formula is C20H28O2. The molecule has 2 saturated carbocycles. The third-order valence-electron chi connectivity index (χ3n) is 7.39. The summed E-state index contributed by atoms with van der Waals surface area (Å²) in [5, 5.41) is 10.2. The molecule has 4 rings (SSSR count). The van der Waals surface area contributed by atoms with Gasteiger partial charge in [-0.15, -0.1) is 0 Å². The molecule has 0 radical (unpaired) electrons. The van der Waals surface area contributed by atoms with Crippen molar-refractivity contribution < 1.29 is 9.90 Å². The molecule has 2 nitrogen and oxygen atoms in total. The Kier molecular flexibility index (Phi) is 3.38. The minimum Gasteiger partial charge on any atom is -0.393 e. The molecule has 120 valence electrons. The minimum absolute atomic E-state index is 0.171. The zero-order valence-electron chi connectivity index (χ0n) is 13.9. The maximum atomic E-state index is 11.7. The van der Waals surface area contributed by atoms with Crippen molar-refractivity contribution in [2.75, 3.05) is 0 Å². The Labute approximate surface area is 133 Å². The number of carbonyl (C=O) groups is 1. The second-order valence-electron chi connectivity index (χ2n) is 8.32. The van der Waals surface area contributed by atoms with Crippen LogP contribution in [-0.4, -0.2) is 17.0 Å². The van der Waals surface area contributed by atoms with E-state index in [9.17, 15) is 9.90 Å². The van der Waals surface area contributed by atoms with Crippen molar-refractivity contribution >= 4 is 5.78 Å². The first kappa shape index (κ1) is 14.7. The summed E-state index contributed by atoms with van der Waals surface area (Å²) in [6, 6.07) is 0. The second kappa shape index (κ2) is 5.06. The predicted molar refractivity (Wildman–Crippen MR) is 87.3 cm³/mol. The van der Waals surface area contributed by atoms with Gasteiger partial charge >= 0.3 is 0 Å². The Morgan fingerprint density at radius 3 is 2.77 bits per heavy atom. The molecule has 4 aliphatic carbocycles. The van der Waals surface area contributed by atoms with Crippen LogP contribution in [0.4, 0.5) is 0 Å². The minimum atomic E-state index is -0.171. The van der Waals surface area contributed by atoms with Crippen molar-refractivity contribution in [1.82, 2.24) is 0 Å². The van der Waals surface area contributed by atoms with Gasteiger partial charge in [-0.25, -0.2) is 0 Å². The fraction of sp³-hybridized carbons (Fsp3) is 0.750. The quantitative estimate of drug-likeness (QED) is 0.788. The van der Waals surface area contributed by atoms with Crippen LogP contribution in [0, 0.1) is 23.2 Å². The van der Waals surface area contributed by atoms with Crippen LogP contribution in [-0.2, 0) is 4.79 Å². The van der Waals surface area contributed by atoms with Gasteiger partial charge in [0, 0.05) is 6.42 Å². The third kappa shape index (κ3) is 1.99. The molecule has 5 atom stereocenters. The molecular weight excluding hydrogens is 272 g/mol. The monoisotopic (exact) mass is 300 g/mol. The third-order valence-corrected chi connectivity index (χ3v) is 7.39. The van der Waals surface area contributed by atoms with E-state index in [-0.39, 0.29) is 6.10 Å². The van der Waals surface area contributed by atoms with Gasteiger partial charge in [0.25, 0.3) is 0 Å². The summed E-state index contributed by atoms with van der Waals surface area (Å²) in [6.07, 6.45) is 10.7. The normalized spacial score (nSPS) is 42.4. The lowest BCUT2D eigenvalue weighted by Crippen LogP contribution is -2.42. The lowest BCUT2D eigenvalue weighted by Gasteiger charge is -2.49. The summed E-state index contributed by atoms with van der Waals surface area (Å²) in [6.45, 7) is 4.43. The number of rotatable bonds is 1. The van der Waals surface area contributed by atoms with E-state index >= 15 is 0 Å². The first-order chi connectivity index (χ1) is 10.5. The van der Waals surface area contributed by atoms with Crippen LogP contribution in [0.15, 0.2) is 22.8 Å². The van der Waals surface area contributed by atoms with Crippen molar-refractivity contribution in [3.05, 3.63) is 22.8 Å². The molecule has 0 unspecified atom stereocenters. The van der Waals surface area contributed by atoms with E-state index in [0.717, 1.165) is 24.7 Å². The molecule has 4 aliphatic rings. The van der Waals surface area contributed by atoms with Crippen LogP contribution in [0.3, 0.4) is 0 Å². The topological polar surface area (TPSA) is 37.3 Å². The smallest absolute Gasteiger partial charge is 0.156 e. The molecule has 2 fully saturated rings. The summed E-state index contributed by atoms with van der Waals surface area (Å²) in [5.41, 5.74) is 4.93. The number of ketones is 1. The Bertz CT molecular complexity index is 568. The maximum absolute atomic E-state index is 11.7. The molecule has 0 heterocycles. The predicted octanol–water partition coefficient (Wildman–Crippen LogP) is 4.19. The van der Waals surface area contributed by atoms with Crippen molar-refractivity contribution in [2.24, 2.45) is 23.2 Å². The fourth-order valence-corrected chi connectivity index (χ4v) is 6.36. The Balaban J connectivity index is 1.70. The highest BCUT2D eigenvalue weighted by Gasteiger charge is 2.54. The SMILES string of the molecule is C[C@H](O)[C@@H]1CC[C@@H]2[C@@H]3CCC4=CC(=O)CCC4=C3CC[C@@]21C. The zero-order chi connectivity index (χ0) is 15.5. The van der Waals surface area contributed by atoms with Gasteiger partial charge in [-0.3, -0.25) is 4.79 Å². The van der Waals surface area contributed by atoms with E-state index in [1.54, 1.807) is 11.1 Å². The molecule has 1 N–H and O–H groups in total. The highest BCUT2D eigenvalue weighted by atomic mass is 16.3. The van der Waals surface area contributed by atoms with Crippen molar-refractivity contribution in [3.8, 4) is 0 Å². The number of hydrogen-bond donors (Lipinski definition) is 1. The van der Waals surface area contributed by atoms with Crippen molar-refractivity contribution in [3.63, 3.8) is 0 Å². The molecule has 0 amide bonds. The van der Waals surface area contributed by atoms with Crippen LogP contribution in [0.1, 0.15) is 65.2 Å². The van der Waals surface area contributed by atoms with Crippen molar-refractivity contribution in [2.45, 2.75) is 71.3 Å². The Morgan fingerprint density at radius 1 is 1.18 bits per heavy atom. The van der Waals surface area contributed by atoms with Gasteiger partial charge in [0.2, 0.25) is 0 Å². The largest absolute Gasteiger partial charge is 0.393 e. The lowest BCUT2D eigenvalue weighted by atomic mass is 9.55. The van der Waals surface area contributed by atoms with E-state index < -0.39 is 0 Å². The number of carbonyl (C=O) groups excluding carboxylic acids is 1. The van der Waals surface area contributed by atoms with E-state index in [1.165, 1.54) is 37.7 Å². The van der Waals surface area contributed by atoms with E-state index in [1.807, 2.05) is 13.0 Å². The second-order valence-corrected chi connectivity index (χ2v) is 8.32. The molecule has 0 aromatic rings. The van der Waals surface area contributed by atoms with E-state index in [4.69, 9.17) is 0 Å². The van der Waals surface area contributed by atoms with Gasteiger partial charge in [0.1, 0.15) is 0 Å².